The van der Waals surface area contributed by atoms with E-state index in [-0.39, 0.29) is 37.3 Å². The van der Waals surface area contributed by atoms with Gasteiger partial charge in [-0.1, -0.05) is 18.2 Å². The molecule has 3 N–H and O–H groups in total. The predicted molar refractivity (Wildman–Crippen MR) is 105 cm³/mol. The van der Waals surface area contributed by atoms with Crippen molar-refractivity contribution in [2.45, 2.75) is 62.7 Å². The first kappa shape index (κ1) is 22.0. The summed E-state index contributed by atoms with van der Waals surface area (Å²) in [6.45, 7) is 1.20. The molecular weight excluding hydrogens is 370 g/mol. The first-order chi connectivity index (χ1) is 12.6. The lowest BCUT2D eigenvalue weighted by atomic mass is 9.82. The van der Waals surface area contributed by atoms with E-state index in [1.807, 2.05) is 24.3 Å². The summed E-state index contributed by atoms with van der Waals surface area (Å²) in [7, 11) is 0. The Hall–Kier alpha value is -1.34. The highest BCUT2D eigenvalue weighted by Gasteiger charge is 2.28. The molecule has 0 spiro atoms. The molecule has 1 heterocycles. The molecule has 1 aromatic carbocycles. The number of hydrogen-bond donors (Lipinski definition) is 3. The molecule has 27 heavy (non-hydrogen) atoms. The topological polar surface area (TPSA) is 88.0 Å². The van der Waals surface area contributed by atoms with E-state index in [4.69, 9.17) is 14.6 Å². The summed E-state index contributed by atoms with van der Waals surface area (Å²) >= 11 is 0. The monoisotopic (exact) mass is 399 g/mol. The highest BCUT2D eigenvalue weighted by molar-refractivity contribution is 5.85. The SMILES string of the molecule is Cl.O=C(O)COc1ccccc1C1CCC(OCC2NCCCC2O)CC1. The number of carboxylic acid groups (broad SMARTS) is 1. The molecule has 1 saturated carbocycles. The Bertz CT molecular complexity index is 591. The van der Waals surface area contributed by atoms with Gasteiger partial charge < -0.3 is 25.0 Å². The molecule has 2 aliphatic rings. The standard InChI is InChI=1S/C20H29NO5.ClH/c22-18-5-3-11-21-17(18)12-25-15-9-7-14(8-10-15)16-4-1-2-6-19(16)26-13-20(23)24;/h1-2,4,6,14-15,17-18,21-22H,3,5,7-13H2,(H,23,24);1H. The van der Waals surface area contributed by atoms with Crippen LogP contribution in [-0.2, 0) is 9.53 Å². The molecule has 2 fully saturated rings. The molecule has 1 aromatic rings. The lowest BCUT2D eigenvalue weighted by Crippen LogP contribution is -2.48. The van der Waals surface area contributed by atoms with Gasteiger partial charge in [-0.2, -0.15) is 0 Å². The van der Waals surface area contributed by atoms with Gasteiger partial charge in [-0.15, -0.1) is 12.4 Å². The molecule has 7 heteroatoms. The predicted octanol–water partition coefficient (Wildman–Crippen LogP) is 2.73. The number of piperidine rings is 1. The molecule has 1 saturated heterocycles. The minimum absolute atomic E-state index is 0. The molecule has 3 rings (SSSR count). The minimum atomic E-state index is -0.963. The van der Waals surface area contributed by atoms with Crippen molar-refractivity contribution in [2.75, 3.05) is 19.8 Å². The van der Waals surface area contributed by atoms with Crippen LogP contribution in [0.15, 0.2) is 24.3 Å². The fourth-order valence-electron chi connectivity index (χ4n) is 3.97. The van der Waals surface area contributed by atoms with E-state index in [0.29, 0.717) is 18.3 Å². The highest BCUT2D eigenvalue weighted by Crippen LogP contribution is 2.38. The Labute approximate surface area is 166 Å². The molecular formula is C20H30ClNO5. The van der Waals surface area contributed by atoms with Crippen LogP contribution < -0.4 is 10.1 Å². The zero-order chi connectivity index (χ0) is 18.4. The highest BCUT2D eigenvalue weighted by atomic mass is 35.5. The molecule has 152 valence electrons. The zero-order valence-corrected chi connectivity index (χ0v) is 16.3. The summed E-state index contributed by atoms with van der Waals surface area (Å²) in [5.41, 5.74) is 1.09. The first-order valence-corrected chi connectivity index (χ1v) is 9.60. The Morgan fingerprint density at radius 1 is 1.15 bits per heavy atom. The van der Waals surface area contributed by atoms with E-state index in [1.54, 1.807) is 0 Å². The molecule has 2 atom stereocenters. The summed E-state index contributed by atoms with van der Waals surface area (Å²) in [5, 5.41) is 22.2. The van der Waals surface area contributed by atoms with Crippen molar-refractivity contribution in [3.8, 4) is 5.75 Å². The van der Waals surface area contributed by atoms with Crippen molar-refractivity contribution in [2.24, 2.45) is 0 Å². The van der Waals surface area contributed by atoms with Gasteiger partial charge in [0.25, 0.3) is 0 Å². The van der Waals surface area contributed by atoms with Crippen LogP contribution in [0.5, 0.6) is 5.75 Å². The first-order valence-electron chi connectivity index (χ1n) is 9.60. The summed E-state index contributed by atoms with van der Waals surface area (Å²) in [4.78, 5) is 10.8. The van der Waals surface area contributed by atoms with Crippen LogP contribution in [-0.4, -0.2) is 54.2 Å². The number of rotatable bonds is 7. The maximum absolute atomic E-state index is 10.8. The van der Waals surface area contributed by atoms with Gasteiger partial charge in [0.15, 0.2) is 6.61 Å². The number of carboxylic acids is 1. The third-order valence-electron chi connectivity index (χ3n) is 5.44. The summed E-state index contributed by atoms with van der Waals surface area (Å²) < 4.78 is 11.5. The number of carbonyl (C=O) groups is 1. The number of aliphatic hydroxyl groups excluding tert-OH is 1. The molecule has 1 aliphatic heterocycles. The van der Waals surface area contributed by atoms with Gasteiger partial charge in [0.05, 0.1) is 24.9 Å². The van der Waals surface area contributed by atoms with E-state index in [1.165, 1.54) is 0 Å². The Kier molecular flexibility index (Phi) is 8.83. The number of aliphatic carboxylic acids is 1. The van der Waals surface area contributed by atoms with Gasteiger partial charge in [0.2, 0.25) is 0 Å². The largest absolute Gasteiger partial charge is 0.482 e. The van der Waals surface area contributed by atoms with E-state index >= 15 is 0 Å². The molecule has 0 amide bonds. The maximum atomic E-state index is 10.8. The number of para-hydroxylation sites is 1. The number of nitrogens with one attached hydrogen (secondary N) is 1. The van der Waals surface area contributed by atoms with Crippen molar-refractivity contribution in [1.29, 1.82) is 0 Å². The summed E-state index contributed by atoms with van der Waals surface area (Å²) in [6, 6.07) is 7.77. The molecule has 1 aliphatic carbocycles. The van der Waals surface area contributed by atoms with Gasteiger partial charge in [0, 0.05) is 0 Å². The Morgan fingerprint density at radius 3 is 2.59 bits per heavy atom. The maximum Gasteiger partial charge on any atom is 0.341 e. The second-order valence-corrected chi connectivity index (χ2v) is 7.30. The number of ether oxygens (including phenoxy) is 2. The third-order valence-corrected chi connectivity index (χ3v) is 5.44. The Morgan fingerprint density at radius 2 is 1.89 bits per heavy atom. The molecule has 0 radical (unpaired) electrons. The van der Waals surface area contributed by atoms with Gasteiger partial charge in [-0.25, -0.2) is 4.79 Å². The number of aliphatic hydroxyl groups is 1. The second kappa shape index (κ2) is 10.9. The van der Waals surface area contributed by atoms with Crippen LogP contribution in [0.4, 0.5) is 0 Å². The Balaban J connectivity index is 0.00000261. The fourth-order valence-corrected chi connectivity index (χ4v) is 3.97. The summed E-state index contributed by atoms with van der Waals surface area (Å²) in [6.07, 6.45) is 5.74. The van der Waals surface area contributed by atoms with Crippen LogP contribution in [0.3, 0.4) is 0 Å². The average Bonchev–Trinajstić information content (AvgIpc) is 2.66. The second-order valence-electron chi connectivity index (χ2n) is 7.30. The zero-order valence-electron chi connectivity index (χ0n) is 15.5. The normalized spacial score (nSPS) is 28.2. The lowest BCUT2D eigenvalue weighted by molar-refractivity contribution is -0.139. The van der Waals surface area contributed by atoms with Crippen LogP contribution in [0.1, 0.15) is 50.0 Å². The summed E-state index contributed by atoms with van der Waals surface area (Å²) in [5.74, 6) is 0.0856. The van der Waals surface area contributed by atoms with E-state index < -0.39 is 5.97 Å². The van der Waals surface area contributed by atoms with Crippen molar-refractivity contribution in [1.82, 2.24) is 5.32 Å². The van der Waals surface area contributed by atoms with Gasteiger partial charge in [-0.3, -0.25) is 0 Å². The lowest BCUT2D eigenvalue weighted by Gasteiger charge is -2.33. The molecule has 0 aromatic heterocycles. The van der Waals surface area contributed by atoms with Crippen molar-refractivity contribution in [3.63, 3.8) is 0 Å². The van der Waals surface area contributed by atoms with Crippen LogP contribution in [0, 0.1) is 0 Å². The van der Waals surface area contributed by atoms with Crippen molar-refractivity contribution in [3.05, 3.63) is 29.8 Å². The average molecular weight is 400 g/mol. The van der Waals surface area contributed by atoms with E-state index in [2.05, 4.69) is 5.32 Å². The third kappa shape index (κ3) is 6.35. The smallest absolute Gasteiger partial charge is 0.341 e. The van der Waals surface area contributed by atoms with Crippen LogP contribution >= 0.6 is 12.4 Å². The molecule has 2 unspecified atom stereocenters. The number of halogens is 1. The van der Waals surface area contributed by atoms with Crippen molar-refractivity contribution < 1.29 is 24.5 Å². The number of benzene rings is 1. The van der Waals surface area contributed by atoms with Gasteiger partial charge in [0.1, 0.15) is 5.75 Å². The quantitative estimate of drug-likeness (QED) is 0.653. The molecule has 6 nitrogen and oxygen atoms in total. The number of hydrogen-bond acceptors (Lipinski definition) is 5. The van der Waals surface area contributed by atoms with E-state index in [0.717, 1.165) is 50.6 Å². The van der Waals surface area contributed by atoms with E-state index in [9.17, 15) is 9.90 Å². The fraction of sp³-hybridized carbons (Fsp3) is 0.650. The van der Waals surface area contributed by atoms with Gasteiger partial charge >= 0.3 is 5.97 Å². The van der Waals surface area contributed by atoms with Crippen LogP contribution in [0.25, 0.3) is 0 Å². The molecule has 0 bridgehead atoms. The van der Waals surface area contributed by atoms with Crippen LogP contribution in [0.2, 0.25) is 0 Å². The minimum Gasteiger partial charge on any atom is -0.482 e. The van der Waals surface area contributed by atoms with Gasteiger partial charge in [-0.05, 0) is 62.6 Å². The van der Waals surface area contributed by atoms with Crippen molar-refractivity contribution >= 4 is 18.4 Å².